The number of hydrogen-bond donors (Lipinski definition) is 1. The standard InChI is InChI=1S/C18H20FNO2/c1-3-13-7-5-6-8-16(13)20-18(21)17(4-2)22-15-11-9-14(19)10-12-15/h5-12,17H,3-4H2,1-2H3,(H,20,21). The SMILES string of the molecule is CCc1ccccc1NC(=O)C(CC)Oc1ccc(F)cc1. The summed E-state index contributed by atoms with van der Waals surface area (Å²) < 4.78 is 18.5. The second-order valence-electron chi connectivity index (χ2n) is 4.97. The quantitative estimate of drug-likeness (QED) is 0.869. The molecular formula is C18H20FNO2. The van der Waals surface area contributed by atoms with Crippen molar-refractivity contribution in [2.24, 2.45) is 0 Å². The van der Waals surface area contributed by atoms with Crippen LogP contribution in [0.1, 0.15) is 25.8 Å². The summed E-state index contributed by atoms with van der Waals surface area (Å²) in [6, 6.07) is 13.4. The zero-order valence-corrected chi connectivity index (χ0v) is 12.8. The molecule has 1 atom stereocenters. The van der Waals surface area contributed by atoms with Gasteiger partial charge in [-0.3, -0.25) is 4.79 Å². The van der Waals surface area contributed by atoms with E-state index in [2.05, 4.69) is 5.32 Å². The van der Waals surface area contributed by atoms with Gasteiger partial charge in [0.2, 0.25) is 0 Å². The van der Waals surface area contributed by atoms with Crippen molar-refractivity contribution in [1.29, 1.82) is 0 Å². The fourth-order valence-electron chi connectivity index (χ4n) is 2.16. The molecule has 22 heavy (non-hydrogen) atoms. The Labute approximate surface area is 130 Å². The maximum absolute atomic E-state index is 12.9. The monoisotopic (exact) mass is 301 g/mol. The fourth-order valence-corrected chi connectivity index (χ4v) is 2.16. The van der Waals surface area contributed by atoms with Crippen LogP contribution in [-0.2, 0) is 11.2 Å². The van der Waals surface area contributed by atoms with E-state index in [1.54, 1.807) is 0 Å². The Kier molecular flexibility index (Phi) is 5.53. The van der Waals surface area contributed by atoms with Crippen LogP contribution in [0.4, 0.5) is 10.1 Å². The van der Waals surface area contributed by atoms with Gasteiger partial charge in [0.05, 0.1) is 0 Å². The van der Waals surface area contributed by atoms with Gasteiger partial charge in [0.25, 0.3) is 5.91 Å². The van der Waals surface area contributed by atoms with Crippen LogP contribution in [0.25, 0.3) is 0 Å². The normalized spacial score (nSPS) is 11.8. The van der Waals surface area contributed by atoms with Crippen molar-refractivity contribution in [3.63, 3.8) is 0 Å². The number of para-hydroxylation sites is 1. The molecule has 4 heteroatoms. The predicted octanol–water partition coefficient (Wildman–Crippen LogP) is 4.18. The van der Waals surface area contributed by atoms with Gasteiger partial charge in [-0.05, 0) is 48.7 Å². The van der Waals surface area contributed by atoms with Crippen molar-refractivity contribution in [3.05, 3.63) is 59.9 Å². The van der Waals surface area contributed by atoms with Gasteiger partial charge < -0.3 is 10.1 Å². The molecule has 1 amide bonds. The summed E-state index contributed by atoms with van der Waals surface area (Å²) in [4.78, 5) is 12.4. The third-order valence-corrected chi connectivity index (χ3v) is 3.41. The van der Waals surface area contributed by atoms with Crippen molar-refractivity contribution >= 4 is 11.6 Å². The minimum atomic E-state index is -0.615. The van der Waals surface area contributed by atoms with E-state index in [-0.39, 0.29) is 11.7 Å². The number of carbonyl (C=O) groups is 1. The molecule has 0 saturated heterocycles. The lowest BCUT2D eigenvalue weighted by atomic mass is 10.1. The largest absolute Gasteiger partial charge is 0.481 e. The molecule has 2 rings (SSSR count). The summed E-state index contributed by atoms with van der Waals surface area (Å²) in [5, 5.41) is 2.91. The van der Waals surface area contributed by atoms with Gasteiger partial charge >= 0.3 is 0 Å². The molecule has 0 fully saturated rings. The summed E-state index contributed by atoms with van der Waals surface area (Å²) in [6.07, 6.45) is 0.749. The number of benzene rings is 2. The summed E-state index contributed by atoms with van der Waals surface area (Å²) in [5.74, 6) is -0.0541. The summed E-state index contributed by atoms with van der Waals surface area (Å²) >= 11 is 0. The van der Waals surface area contributed by atoms with E-state index in [9.17, 15) is 9.18 Å². The minimum Gasteiger partial charge on any atom is -0.481 e. The molecule has 0 aliphatic rings. The van der Waals surface area contributed by atoms with E-state index < -0.39 is 6.10 Å². The van der Waals surface area contributed by atoms with Crippen molar-refractivity contribution in [2.75, 3.05) is 5.32 Å². The molecule has 0 aliphatic heterocycles. The van der Waals surface area contributed by atoms with Gasteiger partial charge in [0, 0.05) is 5.69 Å². The molecule has 116 valence electrons. The Morgan fingerprint density at radius 2 is 1.82 bits per heavy atom. The molecule has 0 saturated carbocycles. The molecule has 3 nitrogen and oxygen atoms in total. The molecular weight excluding hydrogens is 281 g/mol. The third-order valence-electron chi connectivity index (χ3n) is 3.41. The Morgan fingerprint density at radius 3 is 2.45 bits per heavy atom. The van der Waals surface area contributed by atoms with Crippen LogP contribution in [0, 0.1) is 5.82 Å². The highest BCUT2D eigenvalue weighted by Gasteiger charge is 2.19. The first-order valence-electron chi connectivity index (χ1n) is 7.45. The van der Waals surface area contributed by atoms with Crippen LogP contribution >= 0.6 is 0 Å². The number of anilines is 1. The van der Waals surface area contributed by atoms with E-state index in [1.165, 1.54) is 24.3 Å². The van der Waals surface area contributed by atoms with Crippen molar-refractivity contribution in [1.82, 2.24) is 0 Å². The highest BCUT2D eigenvalue weighted by atomic mass is 19.1. The van der Waals surface area contributed by atoms with E-state index >= 15 is 0 Å². The lowest BCUT2D eigenvalue weighted by Crippen LogP contribution is -2.32. The number of halogens is 1. The molecule has 0 spiro atoms. The van der Waals surface area contributed by atoms with E-state index in [1.807, 2.05) is 38.1 Å². The summed E-state index contributed by atoms with van der Waals surface area (Å²) in [5.41, 5.74) is 1.88. The molecule has 2 aromatic carbocycles. The zero-order valence-electron chi connectivity index (χ0n) is 12.8. The smallest absolute Gasteiger partial charge is 0.265 e. The molecule has 0 heterocycles. The highest BCUT2D eigenvalue weighted by Crippen LogP contribution is 2.18. The van der Waals surface area contributed by atoms with E-state index in [4.69, 9.17) is 4.74 Å². The topological polar surface area (TPSA) is 38.3 Å². The van der Waals surface area contributed by atoms with Gasteiger partial charge in [-0.1, -0.05) is 32.0 Å². The minimum absolute atomic E-state index is 0.201. The number of amides is 1. The van der Waals surface area contributed by atoms with Crippen LogP contribution < -0.4 is 10.1 Å². The average molecular weight is 301 g/mol. The molecule has 0 aromatic heterocycles. The Balaban J connectivity index is 2.07. The number of carbonyl (C=O) groups excluding carboxylic acids is 1. The maximum atomic E-state index is 12.9. The first-order chi connectivity index (χ1) is 10.6. The fraction of sp³-hybridized carbons (Fsp3) is 0.278. The average Bonchev–Trinajstić information content (AvgIpc) is 2.54. The first kappa shape index (κ1) is 16.0. The molecule has 0 aliphatic carbocycles. The van der Waals surface area contributed by atoms with Crippen LogP contribution in [0.3, 0.4) is 0 Å². The lowest BCUT2D eigenvalue weighted by molar-refractivity contribution is -0.122. The van der Waals surface area contributed by atoms with Gasteiger partial charge in [-0.15, -0.1) is 0 Å². The number of ether oxygens (including phenoxy) is 1. The number of nitrogens with one attached hydrogen (secondary N) is 1. The second kappa shape index (κ2) is 7.59. The Morgan fingerprint density at radius 1 is 1.14 bits per heavy atom. The van der Waals surface area contributed by atoms with Crippen molar-refractivity contribution in [3.8, 4) is 5.75 Å². The van der Waals surface area contributed by atoms with Gasteiger partial charge in [0.15, 0.2) is 6.10 Å². The second-order valence-corrected chi connectivity index (χ2v) is 4.97. The number of rotatable bonds is 6. The molecule has 1 N–H and O–H groups in total. The van der Waals surface area contributed by atoms with Gasteiger partial charge in [0.1, 0.15) is 11.6 Å². The lowest BCUT2D eigenvalue weighted by Gasteiger charge is -2.18. The summed E-state index contributed by atoms with van der Waals surface area (Å²) in [7, 11) is 0. The van der Waals surface area contributed by atoms with E-state index in [0.29, 0.717) is 12.2 Å². The predicted molar refractivity (Wildman–Crippen MR) is 85.6 cm³/mol. The molecule has 2 aromatic rings. The van der Waals surface area contributed by atoms with Crippen LogP contribution in [0.2, 0.25) is 0 Å². The highest BCUT2D eigenvalue weighted by molar-refractivity contribution is 5.95. The summed E-state index contributed by atoms with van der Waals surface area (Å²) in [6.45, 7) is 3.91. The molecule has 1 unspecified atom stereocenters. The van der Waals surface area contributed by atoms with E-state index in [0.717, 1.165) is 17.7 Å². The molecule has 0 radical (unpaired) electrons. The van der Waals surface area contributed by atoms with Crippen LogP contribution in [-0.4, -0.2) is 12.0 Å². The zero-order chi connectivity index (χ0) is 15.9. The third kappa shape index (κ3) is 4.07. The first-order valence-corrected chi connectivity index (χ1v) is 7.45. The molecule has 0 bridgehead atoms. The van der Waals surface area contributed by atoms with Gasteiger partial charge in [-0.2, -0.15) is 0 Å². The van der Waals surface area contributed by atoms with Gasteiger partial charge in [-0.25, -0.2) is 4.39 Å². The number of aryl methyl sites for hydroxylation is 1. The van der Waals surface area contributed by atoms with Crippen molar-refractivity contribution in [2.45, 2.75) is 32.8 Å². The van der Waals surface area contributed by atoms with Crippen LogP contribution in [0.15, 0.2) is 48.5 Å². The number of hydrogen-bond acceptors (Lipinski definition) is 2. The van der Waals surface area contributed by atoms with Crippen molar-refractivity contribution < 1.29 is 13.9 Å². The Hall–Kier alpha value is -2.36. The van der Waals surface area contributed by atoms with Crippen LogP contribution in [0.5, 0.6) is 5.75 Å². The maximum Gasteiger partial charge on any atom is 0.265 e. The Bertz CT molecular complexity index is 625.